The highest BCUT2D eigenvalue weighted by atomic mass is 16.5. The number of rotatable bonds is 3. The molecule has 0 radical (unpaired) electrons. The summed E-state index contributed by atoms with van der Waals surface area (Å²) >= 11 is 0. The molecule has 5 heteroatoms. The first-order chi connectivity index (χ1) is 12.6. The lowest BCUT2D eigenvalue weighted by Gasteiger charge is -2.22. The molecule has 0 atom stereocenters. The van der Waals surface area contributed by atoms with Gasteiger partial charge >= 0.3 is 0 Å². The zero-order valence-corrected chi connectivity index (χ0v) is 15.3. The van der Waals surface area contributed by atoms with Crippen LogP contribution in [-0.2, 0) is 20.0 Å². The molecule has 1 aliphatic rings. The molecular formula is C21H22N2O3. The molecular weight excluding hydrogens is 328 g/mol. The predicted molar refractivity (Wildman–Crippen MR) is 101 cm³/mol. The highest BCUT2D eigenvalue weighted by Crippen LogP contribution is 2.31. The van der Waals surface area contributed by atoms with E-state index in [1.165, 1.54) is 22.0 Å². The summed E-state index contributed by atoms with van der Waals surface area (Å²) in [6.07, 6.45) is 3.02. The van der Waals surface area contributed by atoms with Crippen molar-refractivity contribution in [3.8, 4) is 11.5 Å². The monoisotopic (exact) mass is 350 g/mol. The fraction of sp³-hybridized carbons (Fsp3) is 0.286. The zero-order valence-electron chi connectivity index (χ0n) is 15.3. The molecule has 0 unspecified atom stereocenters. The summed E-state index contributed by atoms with van der Waals surface area (Å²) in [4.78, 5) is 15.1. The van der Waals surface area contributed by atoms with E-state index >= 15 is 0 Å². The second kappa shape index (κ2) is 6.41. The number of carbonyl (C=O) groups excluding carboxylic acids is 1. The summed E-state index contributed by atoms with van der Waals surface area (Å²) in [5, 5.41) is 1.28. The van der Waals surface area contributed by atoms with Crippen molar-refractivity contribution in [1.29, 1.82) is 0 Å². The molecule has 0 saturated carbocycles. The van der Waals surface area contributed by atoms with E-state index in [1.54, 1.807) is 32.4 Å². The van der Waals surface area contributed by atoms with Crippen molar-refractivity contribution in [3.05, 3.63) is 59.3 Å². The SMILES string of the molecule is COc1ccc(C(=O)N2CCc3cn(C)c4cccc(c34)C2)c(OC)c1. The maximum absolute atomic E-state index is 13.2. The van der Waals surface area contributed by atoms with Gasteiger partial charge in [-0.15, -0.1) is 0 Å². The van der Waals surface area contributed by atoms with Gasteiger partial charge in [0.1, 0.15) is 11.5 Å². The van der Waals surface area contributed by atoms with Gasteiger partial charge in [0.05, 0.1) is 19.8 Å². The van der Waals surface area contributed by atoms with Gasteiger partial charge in [-0.3, -0.25) is 4.79 Å². The van der Waals surface area contributed by atoms with Crippen LogP contribution in [0.25, 0.3) is 10.9 Å². The molecule has 0 spiro atoms. The number of aryl methyl sites for hydroxylation is 1. The maximum Gasteiger partial charge on any atom is 0.257 e. The van der Waals surface area contributed by atoms with Crippen molar-refractivity contribution < 1.29 is 14.3 Å². The van der Waals surface area contributed by atoms with E-state index in [1.807, 2.05) is 4.90 Å². The van der Waals surface area contributed by atoms with Gasteiger partial charge in [-0.2, -0.15) is 0 Å². The van der Waals surface area contributed by atoms with Gasteiger partial charge in [-0.05, 0) is 35.7 Å². The Labute approximate surface area is 152 Å². The molecule has 26 heavy (non-hydrogen) atoms. The molecule has 0 saturated heterocycles. The van der Waals surface area contributed by atoms with Crippen LogP contribution in [0.5, 0.6) is 11.5 Å². The molecule has 0 bridgehead atoms. The van der Waals surface area contributed by atoms with Crippen molar-refractivity contribution in [3.63, 3.8) is 0 Å². The standard InChI is InChI=1S/C21H22N2O3/c1-22-12-15-9-10-23(13-14-5-4-6-18(22)20(14)15)21(24)17-8-7-16(25-2)11-19(17)26-3/h4-8,11-12H,9-10,13H2,1-3H3. The Kier molecular flexibility index (Phi) is 4.07. The topological polar surface area (TPSA) is 43.7 Å². The van der Waals surface area contributed by atoms with Crippen LogP contribution in [0.2, 0.25) is 0 Å². The molecule has 5 nitrogen and oxygen atoms in total. The van der Waals surface area contributed by atoms with Crippen molar-refractivity contribution in [2.45, 2.75) is 13.0 Å². The number of nitrogens with zero attached hydrogens (tertiary/aromatic N) is 2. The van der Waals surface area contributed by atoms with E-state index in [2.05, 4.69) is 36.0 Å². The van der Waals surface area contributed by atoms with E-state index < -0.39 is 0 Å². The number of hydrogen-bond acceptors (Lipinski definition) is 3. The Bertz CT molecular complexity index is 990. The number of aromatic nitrogens is 1. The van der Waals surface area contributed by atoms with Crippen LogP contribution in [0.15, 0.2) is 42.6 Å². The van der Waals surface area contributed by atoms with E-state index in [0.717, 1.165) is 6.42 Å². The first-order valence-corrected chi connectivity index (χ1v) is 8.69. The summed E-state index contributed by atoms with van der Waals surface area (Å²) in [6, 6.07) is 11.6. The Balaban J connectivity index is 1.70. The minimum atomic E-state index is -0.0176. The lowest BCUT2D eigenvalue weighted by molar-refractivity contribution is 0.0744. The van der Waals surface area contributed by atoms with E-state index in [0.29, 0.717) is 30.2 Å². The van der Waals surface area contributed by atoms with Crippen LogP contribution in [0, 0.1) is 0 Å². The average Bonchev–Trinajstić information content (AvgIpc) is 2.88. The Morgan fingerprint density at radius 2 is 1.92 bits per heavy atom. The highest BCUT2D eigenvalue weighted by Gasteiger charge is 2.24. The molecule has 1 amide bonds. The van der Waals surface area contributed by atoms with Gasteiger partial charge in [0.2, 0.25) is 0 Å². The Hall–Kier alpha value is -2.95. The summed E-state index contributed by atoms with van der Waals surface area (Å²) in [5.74, 6) is 1.19. The number of carbonyl (C=O) groups is 1. The third kappa shape index (κ3) is 2.60. The molecule has 3 aromatic rings. The first kappa shape index (κ1) is 16.5. The average molecular weight is 350 g/mol. The van der Waals surface area contributed by atoms with Crippen LogP contribution in [-0.4, -0.2) is 36.1 Å². The van der Waals surface area contributed by atoms with E-state index in [-0.39, 0.29) is 5.91 Å². The van der Waals surface area contributed by atoms with Crippen molar-refractivity contribution in [2.75, 3.05) is 20.8 Å². The van der Waals surface area contributed by atoms with Crippen LogP contribution in [0.4, 0.5) is 0 Å². The minimum absolute atomic E-state index is 0.0176. The van der Waals surface area contributed by atoms with Gasteiger partial charge in [-0.25, -0.2) is 0 Å². The third-order valence-electron chi connectivity index (χ3n) is 5.12. The predicted octanol–water partition coefficient (Wildman–Crippen LogP) is 3.39. The molecule has 2 aromatic carbocycles. The van der Waals surface area contributed by atoms with E-state index in [4.69, 9.17) is 9.47 Å². The fourth-order valence-electron chi connectivity index (χ4n) is 3.80. The maximum atomic E-state index is 13.2. The van der Waals surface area contributed by atoms with Crippen molar-refractivity contribution in [1.82, 2.24) is 9.47 Å². The lowest BCUT2D eigenvalue weighted by Crippen LogP contribution is -2.31. The molecule has 0 aliphatic carbocycles. The molecule has 4 rings (SSSR count). The second-order valence-corrected chi connectivity index (χ2v) is 6.62. The summed E-state index contributed by atoms with van der Waals surface area (Å²) in [6.45, 7) is 1.28. The smallest absolute Gasteiger partial charge is 0.257 e. The molecule has 1 aliphatic heterocycles. The zero-order chi connectivity index (χ0) is 18.3. The number of methoxy groups -OCH3 is 2. The van der Waals surface area contributed by atoms with Crippen LogP contribution in [0.3, 0.4) is 0 Å². The van der Waals surface area contributed by atoms with Crippen molar-refractivity contribution >= 4 is 16.8 Å². The summed E-state index contributed by atoms with van der Waals surface area (Å²) in [7, 11) is 5.25. The second-order valence-electron chi connectivity index (χ2n) is 6.62. The third-order valence-corrected chi connectivity index (χ3v) is 5.12. The highest BCUT2D eigenvalue weighted by molar-refractivity contribution is 5.98. The van der Waals surface area contributed by atoms with Gasteiger partial charge in [0, 0.05) is 43.3 Å². The first-order valence-electron chi connectivity index (χ1n) is 8.69. The number of hydrogen-bond donors (Lipinski definition) is 0. The number of ether oxygens (including phenoxy) is 2. The van der Waals surface area contributed by atoms with Crippen LogP contribution < -0.4 is 9.47 Å². The summed E-state index contributed by atoms with van der Waals surface area (Å²) in [5.41, 5.74) is 4.27. The van der Waals surface area contributed by atoms with E-state index in [9.17, 15) is 4.79 Å². The van der Waals surface area contributed by atoms with Gasteiger partial charge in [0.15, 0.2) is 0 Å². The van der Waals surface area contributed by atoms with Gasteiger partial charge in [0.25, 0.3) is 5.91 Å². The Morgan fingerprint density at radius 3 is 2.69 bits per heavy atom. The largest absolute Gasteiger partial charge is 0.497 e. The summed E-state index contributed by atoms with van der Waals surface area (Å²) < 4.78 is 12.8. The lowest BCUT2D eigenvalue weighted by atomic mass is 10.1. The molecule has 1 aromatic heterocycles. The minimum Gasteiger partial charge on any atom is -0.497 e. The quantitative estimate of drug-likeness (QED) is 0.727. The number of amides is 1. The van der Waals surface area contributed by atoms with Gasteiger partial charge in [-0.1, -0.05) is 12.1 Å². The van der Waals surface area contributed by atoms with Crippen molar-refractivity contribution in [2.24, 2.45) is 7.05 Å². The normalized spacial score (nSPS) is 13.6. The van der Waals surface area contributed by atoms with Crippen LogP contribution in [0.1, 0.15) is 21.5 Å². The molecule has 2 heterocycles. The van der Waals surface area contributed by atoms with Crippen LogP contribution >= 0.6 is 0 Å². The van der Waals surface area contributed by atoms with Gasteiger partial charge < -0.3 is 18.9 Å². The molecule has 134 valence electrons. The number of benzene rings is 2. The molecule has 0 fully saturated rings. The molecule has 0 N–H and O–H groups in total. The Morgan fingerprint density at radius 1 is 1.08 bits per heavy atom. The fourth-order valence-corrected chi connectivity index (χ4v) is 3.80.